The van der Waals surface area contributed by atoms with E-state index in [0.29, 0.717) is 17.0 Å². The largest absolute Gasteiger partial charge is 0.573 e. The van der Waals surface area contributed by atoms with Gasteiger partial charge in [0, 0.05) is 23.9 Å². The number of alkyl halides is 3. The van der Waals surface area contributed by atoms with Crippen LogP contribution >= 0.6 is 0 Å². The summed E-state index contributed by atoms with van der Waals surface area (Å²) in [5.74, 6) is 0.244. The van der Waals surface area contributed by atoms with E-state index in [1.165, 1.54) is 37.8 Å². The van der Waals surface area contributed by atoms with Crippen molar-refractivity contribution in [1.29, 1.82) is 5.26 Å². The highest BCUT2D eigenvalue weighted by Gasteiger charge is 2.31. The summed E-state index contributed by atoms with van der Waals surface area (Å²) in [5, 5.41) is 13.5. The molecule has 0 amide bonds. The predicted octanol–water partition coefficient (Wildman–Crippen LogP) is 4.51. The van der Waals surface area contributed by atoms with Crippen LogP contribution in [0.5, 0.6) is 5.75 Å². The predicted molar refractivity (Wildman–Crippen MR) is 81.0 cm³/mol. The summed E-state index contributed by atoms with van der Waals surface area (Å²) in [7, 11) is 0. The molecular formula is C17H16F3N3O. The first-order valence-electron chi connectivity index (χ1n) is 7.77. The molecular weight excluding hydrogens is 319 g/mol. The summed E-state index contributed by atoms with van der Waals surface area (Å²) in [5.41, 5.74) is 1.28. The van der Waals surface area contributed by atoms with Crippen molar-refractivity contribution >= 4 is 0 Å². The first kappa shape index (κ1) is 16.4. The van der Waals surface area contributed by atoms with E-state index in [1.54, 1.807) is 17.1 Å². The zero-order valence-electron chi connectivity index (χ0n) is 12.9. The molecule has 0 unspecified atom stereocenters. The van der Waals surface area contributed by atoms with Crippen LogP contribution in [-0.4, -0.2) is 16.1 Å². The van der Waals surface area contributed by atoms with Crippen molar-refractivity contribution in [3.8, 4) is 22.9 Å². The van der Waals surface area contributed by atoms with Crippen LogP contribution in [0.4, 0.5) is 13.2 Å². The van der Waals surface area contributed by atoms with Crippen molar-refractivity contribution in [3.05, 3.63) is 36.2 Å². The van der Waals surface area contributed by atoms with E-state index < -0.39 is 6.36 Å². The molecule has 0 aliphatic heterocycles. The quantitative estimate of drug-likeness (QED) is 0.826. The normalized spacial score (nSPS) is 15.4. The highest BCUT2D eigenvalue weighted by Crippen LogP contribution is 2.31. The molecule has 1 aromatic heterocycles. The first-order valence-corrected chi connectivity index (χ1v) is 7.77. The number of hydrogen-bond donors (Lipinski definition) is 0. The maximum Gasteiger partial charge on any atom is 0.573 e. The fourth-order valence-electron chi connectivity index (χ4n) is 3.12. The number of rotatable bonds is 4. The summed E-state index contributed by atoms with van der Waals surface area (Å²) in [6.45, 7) is 0.792. The zero-order chi connectivity index (χ0) is 17.2. The van der Waals surface area contributed by atoms with Gasteiger partial charge in [0.1, 0.15) is 5.75 Å². The molecule has 0 N–H and O–H groups in total. The lowest BCUT2D eigenvalue weighted by Gasteiger charge is -2.10. The van der Waals surface area contributed by atoms with Crippen LogP contribution in [-0.2, 0) is 6.54 Å². The molecule has 0 atom stereocenters. The van der Waals surface area contributed by atoms with Crippen molar-refractivity contribution in [3.63, 3.8) is 0 Å². The molecule has 2 aromatic rings. The third-order valence-corrected chi connectivity index (χ3v) is 4.21. The summed E-state index contributed by atoms with van der Waals surface area (Å²) in [6.07, 6.45) is 3.38. The summed E-state index contributed by atoms with van der Waals surface area (Å²) < 4.78 is 42.9. The minimum atomic E-state index is -4.77. The van der Waals surface area contributed by atoms with Crippen LogP contribution in [0.3, 0.4) is 0 Å². The lowest BCUT2D eigenvalue weighted by Crippen LogP contribution is -2.17. The summed E-state index contributed by atoms with van der Waals surface area (Å²) in [4.78, 5) is 0. The molecule has 1 aromatic carbocycles. The molecule has 24 heavy (non-hydrogen) atoms. The van der Waals surface area contributed by atoms with Crippen molar-refractivity contribution in [2.75, 3.05) is 0 Å². The fourth-order valence-corrected chi connectivity index (χ4v) is 3.12. The van der Waals surface area contributed by atoms with Crippen molar-refractivity contribution in [1.82, 2.24) is 9.78 Å². The minimum Gasteiger partial charge on any atom is -0.406 e. The maximum absolute atomic E-state index is 12.4. The standard InChI is InChI=1S/C17H16F3N3O/c18-17(19,20)24-15-6-5-13(8-21)16(7-15)14-9-22-23(11-14)10-12-3-1-2-4-12/h5-7,9,11-12H,1-4,10H2. The van der Waals surface area contributed by atoms with Gasteiger partial charge >= 0.3 is 6.36 Å². The SMILES string of the molecule is N#Cc1ccc(OC(F)(F)F)cc1-c1cnn(CC2CCCC2)c1. The Morgan fingerprint density at radius 2 is 2.04 bits per heavy atom. The van der Waals surface area contributed by atoms with E-state index in [2.05, 4.69) is 9.84 Å². The minimum absolute atomic E-state index is 0.282. The van der Waals surface area contributed by atoms with Crippen LogP contribution in [0.2, 0.25) is 0 Å². The number of ether oxygens (including phenoxy) is 1. The number of nitrogens with zero attached hydrogens (tertiary/aromatic N) is 3. The lowest BCUT2D eigenvalue weighted by molar-refractivity contribution is -0.274. The van der Waals surface area contributed by atoms with Crippen LogP contribution in [0.15, 0.2) is 30.6 Å². The average Bonchev–Trinajstić information content (AvgIpc) is 3.18. The van der Waals surface area contributed by atoms with Crippen molar-refractivity contribution in [2.24, 2.45) is 5.92 Å². The Balaban J connectivity index is 1.85. The molecule has 0 bridgehead atoms. The van der Waals surface area contributed by atoms with Crippen LogP contribution < -0.4 is 4.74 Å². The molecule has 126 valence electrons. The van der Waals surface area contributed by atoms with Gasteiger partial charge in [0.25, 0.3) is 0 Å². The van der Waals surface area contributed by atoms with Gasteiger partial charge < -0.3 is 4.74 Å². The Morgan fingerprint density at radius 1 is 1.29 bits per heavy atom. The number of hydrogen-bond acceptors (Lipinski definition) is 3. The molecule has 1 heterocycles. The van der Waals surface area contributed by atoms with E-state index in [9.17, 15) is 18.4 Å². The second-order valence-electron chi connectivity index (χ2n) is 5.97. The molecule has 4 nitrogen and oxygen atoms in total. The second-order valence-corrected chi connectivity index (χ2v) is 5.97. The molecule has 1 saturated carbocycles. The van der Waals surface area contributed by atoms with Crippen molar-refractivity contribution < 1.29 is 17.9 Å². The third-order valence-electron chi connectivity index (χ3n) is 4.21. The summed E-state index contributed by atoms with van der Waals surface area (Å²) in [6, 6.07) is 5.68. The summed E-state index contributed by atoms with van der Waals surface area (Å²) >= 11 is 0. The number of benzene rings is 1. The van der Waals surface area contributed by atoms with Gasteiger partial charge in [-0.05, 0) is 37.0 Å². The van der Waals surface area contributed by atoms with Gasteiger partial charge in [-0.3, -0.25) is 4.68 Å². The van der Waals surface area contributed by atoms with Gasteiger partial charge in [-0.15, -0.1) is 13.2 Å². The molecule has 3 rings (SSSR count). The van der Waals surface area contributed by atoms with Gasteiger partial charge in [0.15, 0.2) is 0 Å². The maximum atomic E-state index is 12.4. The van der Waals surface area contributed by atoms with E-state index >= 15 is 0 Å². The number of halogens is 3. The monoisotopic (exact) mass is 335 g/mol. The highest BCUT2D eigenvalue weighted by atomic mass is 19.4. The van der Waals surface area contributed by atoms with Crippen LogP contribution in [0, 0.1) is 17.2 Å². The van der Waals surface area contributed by atoms with Crippen LogP contribution in [0.25, 0.3) is 11.1 Å². The van der Waals surface area contributed by atoms with E-state index in [-0.39, 0.29) is 11.3 Å². The Kier molecular flexibility index (Phi) is 4.47. The number of nitriles is 1. The topological polar surface area (TPSA) is 50.8 Å². The van der Waals surface area contributed by atoms with Gasteiger partial charge in [-0.1, -0.05) is 12.8 Å². The van der Waals surface area contributed by atoms with Gasteiger partial charge in [-0.2, -0.15) is 10.4 Å². The van der Waals surface area contributed by atoms with Crippen molar-refractivity contribution in [2.45, 2.75) is 38.6 Å². The Morgan fingerprint density at radius 3 is 2.71 bits per heavy atom. The van der Waals surface area contributed by atoms with E-state index in [1.807, 2.05) is 6.07 Å². The molecule has 0 saturated heterocycles. The highest BCUT2D eigenvalue weighted by molar-refractivity contribution is 5.71. The van der Waals surface area contributed by atoms with Gasteiger partial charge in [0.05, 0.1) is 17.8 Å². The Labute approximate surface area is 137 Å². The zero-order valence-corrected chi connectivity index (χ0v) is 12.9. The van der Waals surface area contributed by atoms with Crippen LogP contribution in [0.1, 0.15) is 31.2 Å². The molecule has 0 spiro atoms. The van der Waals surface area contributed by atoms with E-state index in [4.69, 9.17) is 0 Å². The third kappa shape index (κ3) is 3.88. The number of aromatic nitrogens is 2. The Bertz CT molecular complexity index is 755. The Hall–Kier alpha value is -2.49. The molecule has 1 fully saturated rings. The van der Waals surface area contributed by atoms with Gasteiger partial charge in [-0.25, -0.2) is 0 Å². The van der Waals surface area contributed by atoms with E-state index in [0.717, 1.165) is 12.6 Å². The smallest absolute Gasteiger partial charge is 0.406 e. The lowest BCUT2D eigenvalue weighted by atomic mass is 10.0. The molecule has 0 radical (unpaired) electrons. The molecule has 1 aliphatic rings. The second kappa shape index (κ2) is 6.56. The average molecular weight is 335 g/mol. The molecule has 1 aliphatic carbocycles. The van der Waals surface area contributed by atoms with Gasteiger partial charge in [0.2, 0.25) is 0 Å². The fraction of sp³-hybridized carbons (Fsp3) is 0.412. The molecule has 7 heteroatoms. The first-order chi connectivity index (χ1) is 11.4.